The van der Waals surface area contributed by atoms with Crippen LogP contribution in [0.1, 0.15) is 43.5 Å². The second kappa shape index (κ2) is 11.7. The van der Waals surface area contributed by atoms with E-state index < -0.39 is 0 Å². The van der Waals surface area contributed by atoms with Crippen molar-refractivity contribution in [3.8, 4) is 11.5 Å². The van der Waals surface area contributed by atoms with Gasteiger partial charge < -0.3 is 10.9 Å². The molecule has 0 heterocycles. The molecule has 2 aromatic carbocycles. The average molecular weight is 387 g/mol. The quantitative estimate of drug-likeness (QED) is 0.377. The summed E-state index contributed by atoms with van der Waals surface area (Å²) in [5.41, 5.74) is 1.47. The number of aryl methyl sites for hydroxylation is 1. The molecule has 2 aromatic rings. The van der Waals surface area contributed by atoms with E-state index in [4.69, 9.17) is 21.1 Å². The summed E-state index contributed by atoms with van der Waals surface area (Å²) in [6.45, 7) is 4.90. The fourth-order valence-electron chi connectivity index (χ4n) is 2.49. The molecule has 0 aliphatic carbocycles. The van der Waals surface area contributed by atoms with Crippen molar-refractivity contribution < 1.29 is 34.6 Å². The Hall–Kier alpha value is -0.973. The van der Waals surface area contributed by atoms with Gasteiger partial charge in [0.1, 0.15) is 11.5 Å². The van der Waals surface area contributed by atoms with Crippen molar-refractivity contribution >= 4 is 31.0 Å². The molecule has 2 rings (SSSR count). The summed E-state index contributed by atoms with van der Waals surface area (Å²) < 4.78 is 11.0. The molecule has 26 heavy (non-hydrogen) atoms. The first-order valence-corrected chi connectivity index (χ1v) is 9.82. The molecule has 0 spiro atoms. The molecule has 0 amide bonds. The summed E-state index contributed by atoms with van der Waals surface area (Å²) in [5.74, 6) is 1.36. The van der Waals surface area contributed by atoms with Gasteiger partial charge in [-0.2, -0.15) is 0 Å². The van der Waals surface area contributed by atoms with Crippen molar-refractivity contribution in [2.24, 2.45) is 0 Å². The summed E-state index contributed by atoms with van der Waals surface area (Å²) in [7, 11) is 1.53. The van der Waals surface area contributed by atoms with Gasteiger partial charge in [-0.3, -0.25) is 4.79 Å². The molecule has 1 atom stereocenters. The Labute approximate surface area is 176 Å². The molecule has 0 aromatic heterocycles. The van der Waals surface area contributed by atoms with E-state index in [9.17, 15) is 4.79 Å². The van der Waals surface area contributed by atoms with E-state index in [1.165, 1.54) is 12.8 Å². The fourth-order valence-corrected chi connectivity index (χ4v) is 3.88. The zero-order valence-electron chi connectivity index (χ0n) is 16.9. The average Bonchev–Trinajstić information content (AvgIpc) is 2.60. The molecule has 0 bridgehead atoms. The van der Waals surface area contributed by atoms with Gasteiger partial charge in [0.25, 0.3) is 0 Å². The number of hydrogen-bond acceptors (Lipinski definition) is 3. The van der Waals surface area contributed by atoms with Crippen LogP contribution in [0, 0.1) is 6.92 Å². The molecule has 6 heteroatoms. The standard InChI is InChI=1S/C20H24ClO3P.Li.H/c1-4-5-6-12-24-15-10-11-18(14(2)13-15)25-20(22)19-16(21)8-7-9-17(19)23-3;;/h7-11,13,25H,4-6,12H2,1-3H3;;/q;+1;-1. The van der Waals surface area contributed by atoms with Gasteiger partial charge in [0.05, 0.1) is 24.3 Å². The van der Waals surface area contributed by atoms with E-state index in [1.807, 2.05) is 25.1 Å². The minimum atomic E-state index is -0.0258. The van der Waals surface area contributed by atoms with E-state index >= 15 is 0 Å². The minimum absolute atomic E-state index is 0. The maximum absolute atomic E-state index is 12.7. The maximum Gasteiger partial charge on any atom is 1.00 e. The van der Waals surface area contributed by atoms with Gasteiger partial charge in [0, 0.05) is 0 Å². The molecule has 0 radical (unpaired) electrons. The Kier molecular flexibility index (Phi) is 10.4. The summed E-state index contributed by atoms with van der Waals surface area (Å²) in [4.78, 5) is 12.7. The predicted molar refractivity (Wildman–Crippen MR) is 108 cm³/mol. The first kappa shape index (κ1) is 23.1. The predicted octanol–water partition coefficient (Wildman–Crippen LogP) is 2.49. The number of rotatable bonds is 9. The van der Waals surface area contributed by atoms with Gasteiger partial charge in [0.2, 0.25) is 0 Å². The van der Waals surface area contributed by atoms with Gasteiger partial charge >= 0.3 is 18.9 Å². The summed E-state index contributed by atoms with van der Waals surface area (Å²) in [6, 6.07) is 11.1. The van der Waals surface area contributed by atoms with Crippen LogP contribution in [-0.2, 0) is 0 Å². The number of ether oxygens (including phenoxy) is 2. The summed E-state index contributed by atoms with van der Waals surface area (Å²) in [5, 5.41) is 1.42. The van der Waals surface area contributed by atoms with E-state index in [0.29, 0.717) is 16.3 Å². The van der Waals surface area contributed by atoms with Crippen molar-refractivity contribution in [1.82, 2.24) is 0 Å². The third kappa shape index (κ3) is 6.33. The first-order valence-electron chi connectivity index (χ1n) is 8.44. The second-order valence-electron chi connectivity index (χ2n) is 5.80. The van der Waals surface area contributed by atoms with Crippen LogP contribution in [0.2, 0.25) is 5.02 Å². The normalized spacial score (nSPS) is 10.6. The van der Waals surface area contributed by atoms with Gasteiger partial charge in [-0.05, 0) is 57.1 Å². The number of carbonyl (C=O) groups excluding carboxylic acids is 1. The number of halogens is 1. The topological polar surface area (TPSA) is 35.5 Å². The van der Waals surface area contributed by atoms with Crippen molar-refractivity contribution in [1.29, 1.82) is 0 Å². The molecule has 3 nitrogen and oxygen atoms in total. The number of unbranched alkanes of at least 4 members (excludes halogenated alkanes) is 2. The van der Waals surface area contributed by atoms with Crippen LogP contribution >= 0.6 is 20.2 Å². The Balaban J connectivity index is 0.00000338. The smallest absolute Gasteiger partial charge is 1.00 e. The Bertz CT molecular complexity index is 743. The Morgan fingerprint density at radius 3 is 2.65 bits per heavy atom. The van der Waals surface area contributed by atoms with Crippen molar-refractivity contribution in [2.45, 2.75) is 33.1 Å². The third-order valence-corrected chi connectivity index (χ3v) is 5.51. The molecule has 136 valence electrons. The zero-order valence-corrected chi connectivity index (χ0v) is 17.7. The van der Waals surface area contributed by atoms with Gasteiger partial charge in [-0.1, -0.05) is 43.5 Å². The minimum Gasteiger partial charge on any atom is -1.00 e. The zero-order chi connectivity index (χ0) is 18.2. The van der Waals surface area contributed by atoms with Crippen molar-refractivity contribution in [3.05, 3.63) is 52.5 Å². The monoisotopic (exact) mass is 386 g/mol. The summed E-state index contributed by atoms with van der Waals surface area (Å²) in [6.07, 6.45) is 3.41. The number of methoxy groups -OCH3 is 1. The molecule has 0 aliphatic rings. The number of carbonyl (C=O) groups is 1. The first-order chi connectivity index (χ1) is 12.1. The van der Waals surface area contributed by atoms with Crippen LogP contribution in [0.15, 0.2) is 36.4 Å². The van der Waals surface area contributed by atoms with Crippen molar-refractivity contribution in [3.63, 3.8) is 0 Å². The molecule has 0 saturated heterocycles. The van der Waals surface area contributed by atoms with E-state index in [0.717, 1.165) is 29.6 Å². The Morgan fingerprint density at radius 1 is 1.23 bits per heavy atom. The maximum atomic E-state index is 12.7. The third-order valence-electron chi connectivity index (χ3n) is 3.89. The van der Waals surface area contributed by atoms with Crippen LogP contribution in [0.3, 0.4) is 0 Å². The van der Waals surface area contributed by atoms with Gasteiger partial charge in [-0.25, -0.2) is 0 Å². The number of hydrogen-bond donors (Lipinski definition) is 0. The molecular weight excluding hydrogens is 362 g/mol. The van der Waals surface area contributed by atoms with Crippen LogP contribution < -0.4 is 33.6 Å². The van der Waals surface area contributed by atoms with Crippen LogP contribution in [0.4, 0.5) is 0 Å². The van der Waals surface area contributed by atoms with Crippen LogP contribution in [-0.4, -0.2) is 19.2 Å². The molecule has 0 fully saturated rings. The van der Waals surface area contributed by atoms with Crippen LogP contribution in [0.25, 0.3) is 0 Å². The molecule has 0 saturated carbocycles. The molecular formula is C20H25ClLiO3P. The molecule has 1 unspecified atom stereocenters. The van der Waals surface area contributed by atoms with Crippen molar-refractivity contribution in [2.75, 3.05) is 13.7 Å². The largest absolute Gasteiger partial charge is 1.00 e. The van der Waals surface area contributed by atoms with Gasteiger partial charge in [0.15, 0.2) is 5.52 Å². The number of benzene rings is 2. The molecule has 0 N–H and O–H groups in total. The van der Waals surface area contributed by atoms with E-state index in [-0.39, 0.29) is 34.4 Å². The van der Waals surface area contributed by atoms with E-state index in [1.54, 1.807) is 25.3 Å². The summed E-state index contributed by atoms with van der Waals surface area (Å²) >= 11 is 6.20. The van der Waals surface area contributed by atoms with Gasteiger partial charge in [-0.15, -0.1) is 0 Å². The Morgan fingerprint density at radius 2 is 2.00 bits per heavy atom. The SMILES string of the molecule is CCCCCOc1ccc(PC(=O)c2c(Cl)cccc2OC)c(C)c1.[H-].[Li+]. The molecule has 0 aliphatic heterocycles. The fraction of sp³-hybridized carbons (Fsp3) is 0.350. The second-order valence-corrected chi connectivity index (χ2v) is 7.45. The van der Waals surface area contributed by atoms with Crippen LogP contribution in [0.5, 0.6) is 11.5 Å². The van der Waals surface area contributed by atoms with E-state index in [2.05, 4.69) is 6.92 Å².